The van der Waals surface area contributed by atoms with Gasteiger partial charge in [0.2, 0.25) is 5.91 Å². The number of nitrogens with zero attached hydrogens (tertiary/aromatic N) is 5. The maximum atomic E-state index is 12.7. The first-order chi connectivity index (χ1) is 13.4. The van der Waals surface area contributed by atoms with Gasteiger partial charge in [-0.05, 0) is 57.6 Å². The fraction of sp³-hybridized carbons (Fsp3) is 0.619. The monoisotopic (exact) mass is 383 g/mol. The highest BCUT2D eigenvalue weighted by Gasteiger charge is 2.36. The van der Waals surface area contributed by atoms with Crippen LogP contribution in [-0.4, -0.2) is 43.5 Å². The van der Waals surface area contributed by atoms with Crippen molar-refractivity contribution in [1.82, 2.24) is 24.5 Å². The number of amides is 1. The molecule has 2 aliphatic rings. The molecule has 2 aromatic rings. The van der Waals surface area contributed by atoms with Crippen molar-refractivity contribution in [3.63, 3.8) is 0 Å². The Bertz CT molecular complexity index is 917. The van der Waals surface area contributed by atoms with Crippen molar-refractivity contribution in [1.29, 1.82) is 0 Å². The molecule has 3 heterocycles. The zero-order valence-electron chi connectivity index (χ0n) is 17.0. The van der Waals surface area contributed by atoms with Gasteiger partial charge in [0.05, 0.1) is 12.2 Å². The molecule has 1 saturated carbocycles. The zero-order valence-corrected chi connectivity index (χ0v) is 17.0. The van der Waals surface area contributed by atoms with Crippen molar-refractivity contribution < 1.29 is 4.79 Å². The minimum atomic E-state index is -0.115. The summed E-state index contributed by atoms with van der Waals surface area (Å²) in [7, 11) is 0. The summed E-state index contributed by atoms with van der Waals surface area (Å²) in [4.78, 5) is 26.9. The molecule has 28 heavy (non-hydrogen) atoms. The zero-order chi connectivity index (χ0) is 19.8. The second-order valence-corrected chi connectivity index (χ2v) is 8.62. The Hall–Kier alpha value is -2.44. The predicted molar refractivity (Wildman–Crippen MR) is 106 cm³/mol. The molecular formula is C21H29N5O2. The molecule has 0 N–H and O–H groups in total. The molecule has 1 saturated heterocycles. The van der Waals surface area contributed by atoms with Gasteiger partial charge in [-0.3, -0.25) is 9.59 Å². The van der Waals surface area contributed by atoms with E-state index in [1.54, 1.807) is 16.8 Å². The number of carbonyl (C=O) groups is 1. The SMILES string of the molecule is Cc1cc(C)n(-c2ccc(=O)n(CC3CN(C(=O)C4CCC(C)CC4)C3)n2)n1. The number of rotatable bonds is 4. The fourth-order valence-corrected chi connectivity index (χ4v) is 4.42. The topological polar surface area (TPSA) is 73.0 Å². The Labute approximate surface area is 165 Å². The van der Waals surface area contributed by atoms with Crippen LogP contribution in [0.2, 0.25) is 0 Å². The molecule has 7 nitrogen and oxygen atoms in total. The lowest BCUT2D eigenvalue weighted by atomic mass is 9.81. The summed E-state index contributed by atoms with van der Waals surface area (Å²) in [6.45, 7) is 8.17. The van der Waals surface area contributed by atoms with E-state index < -0.39 is 0 Å². The highest BCUT2D eigenvalue weighted by Crippen LogP contribution is 2.31. The fourth-order valence-electron chi connectivity index (χ4n) is 4.42. The average Bonchev–Trinajstić information content (AvgIpc) is 2.97. The van der Waals surface area contributed by atoms with E-state index >= 15 is 0 Å². The highest BCUT2D eigenvalue weighted by molar-refractivity contribution is 5.79. The number of aryl methyl sites for hydroxylation is 2. The van der Waals surface area contributed by atoms with Crippen LogP contribution in [0.5, 0.6) is 0 Å². The predicted octanol–water partition coefficient (Wildman–Crippen LogP) is 2.33. The van der Waals surface area contributed by atoms with Crippen molar-refractivity contribution in [2.75, 3.05) is 13.1 Å². The van der Waals surface area contributed by atoms with Gasteiger partial charge in [0, 0.05) is 36.7 Å². The molecule has 1 aliphatic carbocycles. The third kappa shape index (κ3) is 3.75. The van der Waals surface area contributed by atoms with Crippen LogP contribution in [0.3, 0.4) is 0 Å². The quantitative estimate of drug-likeness (QED) is 0.812. The van der Waals surface area contributed by atoms with Gasteiger partial charge < -0.3 is 4.90 Å². The van der Waals surface area contributed by atoms with Crippen molar-refractivity contribution in [3.05, 3.63) is 39.9 Å². The summed E-state index contributed by atoms with van der Waals surface area (Å²) in [6.07, 6.45) is 4.36. The molecule has 2 fully saturated rings. The van der Waals surface area contributed by atoms with Crippen molar-refractivity contribution in [2.24, 2.45) is 17.8 Å². The normalized spacial score (nSPS) is 22.9. The van der Waals surface area contributed by atoms with Gasteiger partial charge in [0.1, 0.15) is 0 Å². The van der Waals surface area contributed by atoms with E-state index in [1.165, 1.54) is 4.68 Å². The van der Waals surface area contributed by atoms with Crippen LogP contribution >= 0.6 is 0 Å². The van der Waals surface area contributed by atoms with Gasteiger partial charge in [0.15, 0.2) is 5.82 Å². The van der Waals surface area contributed by atoms with E-state index in [9.17, 15) is 9.59 Å². The van der Waals surface area contributed by atoms with Crippen LogP contribution in [-0.2, 0) is 11.3 Å². The number of aromatic nitrogens is 4. The van der Waals surface area contributed by atoms with Gasteiger partial charge >= 0.3 is 0 Å². The lowest BCUT2D eigenvalue weighted by molar-refractivity contribution is -0.143. The molecule has 0 spiro atoms. The van der Waals surface area contributed by atoms with E-state index in [0.29, 0.717) is 18.3 Å². The first kappa shape index (κ1) is 18.9. The number of likely N-dealkylation sites (tertiary alicyclic amines) is 1. The molecule has 1 aliphatic heterocycles. The van der Waals surface area contributed by atoms with Gasteiger partial charge in [-0.1, -0.05) is 6.92 Å². The summed E-state index contributed by atoms with van der Waals surface area (Å²) in [5.74, 6) is 2.19. The smallest absolute Gasteiger partial charge is 0.266 e. The third-order valence-electron chi connectivity index (χ3n) is 6.14. The van der Waals surface area contributed by atoms with Crippen molar-refractivity contribution in [3.8, 4) is 5.82 Å². The largest absolute Gasteiger partial charge is 0.342 e. The summed E-state index contributed by atoms with van der Waals surface area (Å²) >= 11 is 0. The Morgan fingerprint density at radius 3 is 2.46 bits per heavy atom. The van der Waals surface area contributed by atoms with Crippen LogP contribution in [0.15, 0.2) is 23.0 Å². The van der Waals surface area contributed by atoms with Crippen LogP contribution in [0, 0.1) is 31.6 Å². The molecular weight excluding hydrogens is 354 g/mol. The minimum Gasteiger partial charge on any atom is -0.342 e. The maximum absolute atomic E-state index is 12.7. The lowest BCUT2D eigenvalue weighted by Gasteiger charge is -2.42. The van der Waals surface area contributed by atoms with Gasteiger partial charge in [-0.2, -0.15) is 5.10 Å². The number of hydrogen-bond donors (Lipinski definition) is 0. The third-order valence-corrected chi connectivity index (χ3v) is 6.14. The Kier molecular flexibility index (Phi) is 5.08. The number of hydrogen-bond acceptors (Lipinski definition) is 4. The molecule has 0 atom stereocenters. The van der Waals surface area contributed by atoms with Gasteiger partial charge in [0.25, 0.3) is 5.56 Å². The van der Waals surface area contributed by atoms with Crippen LogP contribution < -0.4 is 5.56 Å². The molecule has 2 aromatic heterocycles. The first-order valence-corrected chi connectivity index (χ1v) is 10.3. The minimum absolute atomic E-state index is 0.115. The lowest BCUT2D eigenvalue weighted by Crippen LogP contribution is -2.54. The number of carbonyl (C=O) groups excluding carboxylic acids is 1. The van der Waals surface area contributed by atoms with E-state index in [0.717, 1.165) is 56.1 Å². The van der Waals surface area contributed by atoms with Gasteiger partial charge in [-0.15, -0.1) is 5.10 Å². The standard InChI is InChI=1S/C21H29N5O2/c1-14-4-6-18(7-5-14)21(28)24-11-17(12-24)13-25-20(27)9-8-19(23-25)26-16(3)10-15(2)22-26/h8-10,14,17-18H,4-7,11-13H2,1-3H3. The average molecular weight is 383 g/mol. The molecule has 0 radical (unpaired) electrons. The second-order valence-electron chi connectivity index (χ2n) is 8.62. The van der Waals surface area contributed by atoms with E-state index in [1.807, 2.05) is 24.8 Å². The van der Waals surface area contributed by atoms with Crippen LogP contribution in [0.4, 0.5) is 0 Å². The molecule has 0 bridgehead atoms. The summed E-state index contributed by atoms with van der Waals surface area (Å²) in [6, 6.07) is 5.24. The molecule has 150 valence electrons. The van der Waals surface area contributed by atoms with E-state index in [4.69, 9.17) is 0 Å². The summed E-state index contributed by atoms with van der Waals surface area (Å²) in [5.41, 5.74) is 1.79. The Balaban J connectivity index is 1.38. The van der Waals surface area contributed by atoms with E-state index in [-0.39, 0.29) is 17.4 Å². The Morgan fingerprint density at radius 1 is 1.11 bits per heavy atom. The molecule has 4 rings (SSSR count). The van der Waals surface area contributed by atoms with Gasteiger partial charge in [-0.25, -0.2) is 9.36 Å². The molecule has 0 aromatic carbocycles. The maximum Gasteiger partial charge on any atom is 0.266 e. The highest BCUT2D eigenvalue weighted by atomic mass is 16.2. The van der Waals surface area contributed by atoms with Crippen molar-refractivity contribution in [2.45, 2.75) is 53.0 Å². The first-order valence-electron chi connectivity index (χ1n) is 10.3. The second kappa shape index (κ2) is 7.53. The van der Waals surface area contributed by atoms with Crippen LogP contribution in [0.25, 0.3) is 5.82 Å². The van der Waals surface area contributed by atoms with E-state index in [2.05, 4.69) is 17.1 Å². The van der Waals surface area contributed by atoms with Crippen molar-refractivity contribution >= 4 is 5.91 Å². The molecule has 0 unspecified atom stereocenters. The Morgan fingerprint density at radius 2 is 1.82 bits per heavy atom. The molecule has 7 heteroatoms. The summed E-state index contributed by atoms with van der Waals surface area (Å²) in [5, 5.41) is 8.95. The van der Waals surface area contributed by atoms with Crippen LogP contribution in [0.1, 0.15) is 44.0 Å². The summed E-state index contributed by atoms with van der Waals surface area (Å²) < 4.78 is 3.27. The molecule has 1 amide bonds.